The highest BCUT2D eigenvalue weighted by atomic mass is 32.2. The highest BCUT2D eigenvalue weighted by molar-refractivity contribution is 7.99. The molecule has 0 atom stereocenters. The van der Waals surface area contributed by atoms with E-state index in [4.69, 9.17) is 0 Å². The van der Waals surface area contributed by atoms with Crippen LogP contribution in [0.3, 0.4) is 0 Å². The average Bonchev–Trinajstić information content (AvgIpc) is 2.86. The number of rotatable bonds is 1. The molecule has 0 aliphatic carbocycles. The fourth-order valence-electron chi connectivity index (χ4n) is 1.98. The van der Waals surface area contributed by atoms with Crippen LogP contribution in [0.5, 0.6) is 0 Å². The molecule has 5 nitrogen and oxygen atoms in total. The molecule has 0 saturated heterocycles. The first kappa shape index (κ1) is 14.9. The van der Waals surface area contributed by atoms with Crippen molar-refractivity contribution >= 4 is 23.3 Å². The minimum absolute atomic E-state index is 0.173. The van der Waals surface area contributed by atoms with Gasteiger partial charge in [-0.2, -0.15) is 13.2 Å². The average molecular weight is 327 g/mol. The molecule has 1 aromatic carbocycles. The summed E-state index contributed by atoms with van der Waals surface area (Å²) in [7, 11) is 0. The lowest BCUT2D eigenvalue weighted by Gasteiger charge is -2.19. The predicted octanol–water partition coefficient (Wildman–Crippen LogP) is 3.29. The maximum atomic E-state index is 12.9. The quantitative estimate of drug-likeness (QED) is 0.873. The van der Waals surface area contributed by atoms with Gasteiger partial charge >= 0.3 is 6.18 Å². The molecular formula is C13H12F3N5S. The molecule has 116 valence electrons. The molecule has 0 bridgehead atoms. The fraction of sp³-hybridized carbons (Fsp3) is 0.308. The van der Waals surface area contributed by atoms with Gasteiger partial charge in [-0.1, -0.05) is 23.9 Å². The number of fused-ring (bicyclic) bond motifs is 1. The number of hydrogen-bond acceptors (Lipinski definition) is 4. The lowest BCUT2D eigenvalue weighted by molar-refractivity contribution is -0.146. The molecule has 1 N–H and O–H groups in total. The topological polar surface area (TPSA) is 55.1 Å². The van der Waals surface area contributed by atoms with E-state index in [0.29, 0.717) is 11.6 Å². The van der Waals surface area contributed by atoms with Gasteiger partial charge in [0.1, 0.15) is 5.84 Å². The fourth-order valence-corrected chi connectivity index (χ4v) is 2.74. The summed E-state index contributed by atoms with van der Waals surface area (Å²) >= 11 is 1.16. The number of thioether (sulfide) groups is 1. The van der Waals surface area contributed by atoms with Crippen LogP contribution in [-0.4, -0.2) is 26.5 Å². The summed E-state index contributed by atoms with van der Waals surface area (Å²) in [5.41, 5.74) is 5.37. The molecule has 1 aromatic heterocycles. The van der Waals surface area contributed by atoms with E-state index in [9.17, 15) is 13.2 Å². The number of aliphatic imine (C=N–C) groups is 1. The normalized spacial score (nSPS) is 16.5. The number of benzene rings is 1. The summed E-state index contributed by atoms with van der Waals surface area (Å²) < 4.78 is 39.4. The number of alkyl halides is 3. The van der Waals surface area contributed by atoms with Crippen LogP contribution in [0.25, 0.3) is 0 Å². The highest BCUT2D eigenvalue weighted by Crippen LogP contribution is 2.31. The van der Waals surface area contributed by atoms with Crippen LogP contribution < -0.4 is 5.43 Å². The molecule has 0 radical (unpaired) electrons. The van der Waals surface area contributed by atoms with Crippen LogP contribution in [0.2, 0.25) is 0 Å². The van der Waals surface area contributed by atoms with Crippen molar-refractivity contribution in [1.82, 2.24) is 14.9 Å². The molecular weight excluding hydrogens is 315 g/mol. The first-order chi connectivity index (χ1) is 10.3. The monoisotopic (exact) mass is 327 g/mol. The molecule has 9 heteroatoms. The molecule has 0 unspecified atom stereocenters. The number of nitrogens with one attached hydrogen (secondary N) is 1. The molecule has 0 amide bonds. The van der Waals surface area contributed by atoms with Crippen LogP contribution in [-0.2, 0) is 6.18 Å². The van der Waals surface area contributed by atoms with Crippen molar-refractivity contribution < 1.29 is 13.2 Å². The highest BCUT2D eigenvalue weighted by Gasteiger charge is 2.40. The molecule has 2 aromatic rings. The maximum absolute atomic E-state index is 12.9. The molecule has 3 rings (SSSR count). The first-order valence-corrected chi connectivity index (χ1v) is 7.40. The van der Waals surface area contributed by atoms with Crippen molar-refractivity contribution in [2.75, 3.05) is 11.2 Å². The van der Waals surface area contributed by atoms with Gasteiger partial charge in [0.15, 0.2) is 0 Å². The summed E-state index contributed by atoms with van der Waals surface area (Å²) in [5, 5.41) is 6.90. The smallest absolute Gasteiger partial charge is 0.276 e. The molecule has 0 saturated carbocycles. The van der Waals surface area contributed by atoms with Gasteiger partial charge in [0.2, 0.25) is 5.16 Å². The largest absolute Gasteiger partial charge is 0.453 e. The molecule has 1 aliphatic rings. The summed E-state index contributed by atoms with van der Waals surface area (Å²) in [6.45, 7) is 3.84. The Bertz CT molecular complexity index is 751. The van der Waals surface area contributed by atoms with Crippen molar-refractivity contribution in [2.45, 2.75) is 25.2 Å². The minimum Gasteiger partial charge on any atom is -0.276 e. The SMILES string of the molecule is Cc1ccc(C)c(N=C2CSc3nnc(C(F)(F)F)n3N2)c1. The van der Waals surface area contributed by atoms with Gasteiger partial charge in [-0.15, -0.1) is 10.2 Å². The summed E-state index contributed by atoms with van der Waals surface area (Å²) in [4.78, 5) is 4.42. The second kappa shape index (κ2) is 5.31. The third-order valence-corrected chi connectivity index (χ3v) is 4.03. The number of nitrogens with zero attached hydrogens (tertiary/aromatic N) is 4. The van der Waals surface area contributed by atoms with Gasteiger partial charge in [-0.25, -0.2) is 9.67 Å². The molecule has 0 fully saturated rings. The van der Waals surface area contributed by atoms with Gasteiger partial charge in [0.05, 0.1) is 11.4 Å². The van der Waals surface area contributed by atoms with Crippen LogP contribution in [0, 0.1) is 13.8 Å². The van der Waals surface area contributed by atoms with Gasteiger partial charge in [0.25, 0.3) is 5.82 Å². The summed E-state index contributed by atoms with van der Waals surface area (Å²) in [6.07, 6.45) is -4.57. The van der Waals surface area contributed by atoms with Crippen molar-refractivity contribution in [3.63, 3.8) is 0 Å². The van der Waals surface area contributed by atoms with Crippen molar-refractivity contribution in [2.24, 2.45) is 4.99 Å². The Morgan fingerprint density at radius 2 is 2.05 bits per heavy atom. The van der Waals surface area contributed by atoms with Crippen molar-refractivity contribution in [3.05, 3.63) is 35.2 Å². The van der Waals surface area contributed by atoms with Crippen LogP contribution in [0.15, 0.2) is 28.3 Å². The van der Waals surface area contributed by atoms with Crippen molar-refractivity contribution in [1.29, 1.82) is 0 Å². The number of aryl methyl sites for hydroxylation is 2. The Labute approximate surface area is 128 Å². The minimum atomic E-state index is -4.57. The van der Waals surface area contributed by atoms with Crippen LogP contribution >= 0.6 is 11.8 Å². The van der Waals surface area contributed by atoms with Gasteiger partial charge < -0.3 is 0 Å². The molecule has 1 aliphatic heterocycles. The Balaban J connectivity index is 1.95. The Hall–Kier alpha value is -2.03. The lowest BCUT2D eigenvalue weighted by atomic mass is 10.1. The van der Waals surface area contributed by atoms with E-state index in [-0.39, 0.29) is 5.16 Å². The van der Waals surface area contributed by atoms with Crippen molar-refractivity contribution in [3.8, 4) is 0 Å². The van der Waals surface area contributed by atoms with E-state index in [2.05, 4.69) is 20.6 Å². The van der Waals surface area contributed by atoms with E-state index in [1.54, 1.807) is 0 Å². The Kier molecular flexibility index (Phi) is 3.59. The third-order valence-electron chi connectivity index (χ3n) is 3.09. The summed E-state index contributed by atoms with van der Waals surface area (Å²) in [6, 6.07) is 5.78. The number of halogens is 3. The van der Waals surface area contributed by atoms with Gasteiger partial charge in [0, 0.05) is 0 Å². The maximum Gasteiger partial charge on any atom is 0.453 e. The molecule has 0 spiro atoms. The lowest BCUT2D eigenvalue weighted by Crippen LogP contribution is -2.33. The number of hydrogen-bond donors (Lipinski definition) is 1. The number of aromatic nitrogens is 3. The Morgan fingerprint density at radius 1 is 1.27 bits per heavy atom. The second-order valence-electron chi connectivity index (χ2n) is 4.89. The van der Waals surface area contributed by atoms with E-state index >= 15 is 0 Å². The standard InChI is InChI=1S/C13H12F3N5S/c1-7-3-4-8(2)9(5-7)17-10-6-22-12-19-18-11(13(14,15)16)21(12)20-10/h3-5H,6H2,1-2H3,(H,17,20). The van der Waals surface area contributed by atoms with Crippen LogP contribution in [0.1, 0.15) is 17.0 Å². The van der Waals surface area contributed by atoms with Gasteiger partial charge in [-0.3, -0.25) is 5.43 Å². The predicted molar refractivity (Wildman–Crippen MR) is 78.1 cm³/mol. The van der Waals surface area contributed by atoms with Crippen LogP contribution in [0.4, 0.5) is 18.9 Å². The van der Waals surface area contributed by atoms with E-state index in [0.717, 1.165) is 33.3 Å². The zero-order chi connectivity index (χ0) is 15.9. The zero-order valence-corrected chi connectivity index (χ0v) is 12.6. The summed E-state index contributed by atoms with van der Waals surface area (Å²) in [5.74, 6) is -0.247. The van der Waals surface area contributed by atoms with E-state index in [1.165, 1.54) is 0 Å². The van der Waals surface area contributed by atoms with E-state index in [1.807, 2.05) is 32.0 Å². The third kappa shape index (κ3) is 2.80. The van der Waals surface area contributed by atoms with Gasteiger partial charge in [-0.05, 0) is 31.0 Å². The molecule has 2 heterocycles. The molecule has 22 heavy (non-hydrogen) atoms. The first-order valence-electron chi connectivity index (χ1n) is 6.42. The Morgan fingerprint density at radius 3 is 2.77 bits per heavy atom. The van der Waals surface area contributed by atoms with E-state index < -0.39 is 12.0 Å². The zero-order valence-electron chi connectivity index (χ0n) is 11.8. The number of amidine groups is 1. The second-order valence-corrected chi connectivity index (χ2v) is 5.83.